The molecule has 37 heavy (non-hydrogen) atoms. The average Bonchev–Trinajstić information content (AvgIpc) is 2.91. The second-order valence-electron chi connectivity index (χ2n) is 8.45. The Hall–Kier alpha value is -4.65. The summed E-state index contributed by atoms with van der Waals surface area (Å²) in [5.41, 5.74) is 2.43. The Morgan fingerprint density at radius 2 is 1.46 bits per heavy atom. The van der Waals surface area contributed by atoms with E-state index in [4.69, 9.17) is 4.74 Å². The molecule has 0 saturated heterocycles. The highest BCUT2D eigenvalue weighted by Crippen LogP contribution is 2.25. The van der Waals surface area contributed by atoms with E-state index in [9.17, 15) is 14.0 Å². The fourth-order valence-corrected chi connectivity index (χ4v) is 3.67. The Morgan fingerprint density at radius 3 is 2.16 bits per heavy atom. The smallest absolute Gasteiger partial charge is 0.326 e. The zero-order valence-corrected chi connectivity index (χ0v) is 20.5. The van der Waals surface area contributed by atoms with Crippen molar-refractivity contribution in [2.75, 3.05) is 23.3 Å². The highest BCUT2D eigenvalue weighted by atomic mass is 19.1. The summed E-state index contributed by atoms with van der Waals surface area (Å²) in [7, 11) is 0. The number of carbonyl (C=O) groups excluding carboxylic acids is 2. The molecule has 0 fully saturated rings. The third kappa shape index (κ3) is 7.18. The maximum absolute atomic E-state index is 13.9. The summed E-state index contributed by atoms with van der Waals surface area (Å²) in [4.78, 5) is 27.1. The first-order chi connectivity index (χ1) is 18.0. The lowest BCUT2D eigenvalue weighted by molar-refractivity contribution is 0.0949. The molecule has 0 aliphatic carbocycles. The van der Waals surface area contributed by atoms with Gasteiger partial charge in [0.05, 0.1) is 5.56 Å². The van der Waals surface area contributed by atoms with Crippen LogP contribution in [0.5, 0.6) is 11.5 Å². The van der Waals surface area contributed by atoms with Crippen LogP contribution in [0.4, 0.5) is 20.6 Å². The molecule has 6 nitrogen and oxygen atoms in total. The molecule has 0 heterocycles. The number of carbonyl (C=O) groups is 2. The van der Waals surface area contributed by atoms with E-state index in [2.05, 4.69) is 10.6 Å². The van der Waals surface area contributed by atoms with Crippen LogP contribution in [0.25, 0.3) is 0 Å². The Bertz CT molecular complexity index is 1330. The van der Waals surface area contributed by atoms with E-state index in [0.717, 1.165) is 11.3 Å². The van der Waals surface area contributed by atoms with E-state index < -0.39 is 11.7 Å². The number of ether oxygens (including phenoxy) is 1. The number of hydrogen-bond donors (Lipinski definition) is 2. The number of halogens is 1. The third-order valence-electron chi connectivity index (χ3n) is 5.64. The van der Waals surface area contributed by atoms with Gasteiger partial charge < -0.3 is 15.4 Å². The van der Waals surface area contributed by atoms with E-state index in [1.54, 1.807) is 23.1 Å². The maximum atomic E-state index is 13.9. The minimum Gasteiger partial charge on any atom is -0.457 e. The Balaban J connectivity index is 1.43. The van der Waals surface area contributed by atoms with Crippen molar-refractivity contribution in [3.05, 3.63) is 120 Å². The number of nitrogens with zero attached hydrogens (tertiary/aromatic N) is 1. The molecule has 2 N–H and O–H groups in total. The molecule has 4 aromatic rings. The molecule has 0 aliphatic rings. The van der Waals surface area contributed by atoms with Gasteiger partial charge >= 0.3 is 6.03 Å². The number of anilines is 2. The van der Waals surface area contributed by atoms with Crippen LogP contribution >= 0.6 is 0 Å². The number of urea groups is 1. The lowest BCUT2D eigenvalue weighted by Gasteiger charge is -2.24. The molecular formula is C30H28FN3O3. The van der Waals surface area contributed by atoms with E-state index in [1.807, 2.05) is 73.7 Å². The summed E-state index contributed by atoms with van der Waals surface area (Å²) < 4.78 is 19.7. The first-order valence-electron chi connectivity index (χ1n) is 12.0. The van der Waals surface area contributed by atoms with Crippen molar-refractivity contribution in [1.82, 2.24) is 5.32 Å². The van der Waals surface area contributed by atoms with Crippen molar-refractivity contribution in [1.29, 1.82) is 0 Å². The van der Waals surface area contributed by atoms with Crippen LogP contribution in [0.3, 0.4) is 0 Å². The van der Waals surface area contributed by atoms with Crippen molar-refractivity contribution >= 4 is 23.3 Å². The van der Waals surface area contributed by atoms with E-state index in [1.165, 1.54) is 18.2 Å². The monoisotopic (exact) mass is 497 g/mol. The van der Waals surface area contributed by atoms with Gasteiger partial charge in [0.2, 0.25) is 0 Å². The van der Waals surface area contributed by atoms with Gasteiger partial charge in [-0.3, -0.25) is 9.69 Å². The third-order valence-corrected chi connectivity index (χ3v) is 5.64. The van der Waals surface area contributed by atoms with E-state index >= 15 is 0 Å². The van der Waals surface area contributed by atoms with Crippen LogP contribution in [0.2, 0.25) is 0 Å². The van der Waals surface area contributed by atoms with Gasteiger partial charge in [0.1, 0.15) is 17.3 Å². The Kier molecular flexibility index (Phi) is 8.49. The molecule has 7 heteroatoms. The SMILES string of the molecule is Cc1ccc(NC(=O)N(CCCNC(=O)c2ccccc2F)c2ccc(Oc3ccccc3)cc2)cc1. The molecule has 0 saturated carbocycles. The first kappa shape index (κ1) is 25.4. The first-order valence-corrected chi connectivity index (χ1v) is 12.0. The topological polar surface area (TPSA) is 70.7 Å². The van der Waals surface area contributed by atoms with Crippen molar-refractivity contribution in [3.63, 3.8) is 0 Å². The molecule has 4 rings (SSSR count). The molecule has 188 valence electrons. The number of benzene rings is 4. The molecule has 0 spiro atoms. The van der Waals surface area contributed by atoms with Gasteiger partial charge in [-0.2, -0.15) is 0 Å². The summed E-state index contributed by atoms with van der Waals surface area (Å²) in [5, 5.41) is 5.64. The van der Waals surface area contributed by atoms with Gasteiger partial charge in [-0.25, -0.2) is 9.18 Å². The number of nitrogens with one attached hydrogen (secondary N) is 2. The largest absolute Gasteiger partial charge is 0.457 e. The van der Waals surface area contributed by atoms with Gasteiger partial charge in [0.25, 0.3) is 5.91 Å². The van der Waals surface area contributed by atoms with E-state index in [-0.39, 0.29) is 18.1 Å². The molecule has 0 atom stereocenters. The van der Waals surface area contributed by atoms with Crippen molar-refractivity contribution in [3.8, 4) is 11.5 Å². The van der Waals surface area contributed by atoms with Crippen LogP contribution in [0.1, 0.15) is 22.3 Å². The summed E-state index contributed by atoms with van der Waals surface area (Å²) >= 11 is 0. The maximum Gasteiger partial charge on any atom is 0.326 e. The molecular weight excluding hydrogens is 469 g/mol. The van der Waals surface area contributed by atoms with E-state index in [0.29, 0.717) is 30.1 Å². The molecule has 0 radical (unpaired) electrons. The molecule has 0 aliphatic heterocycles. The standard InChI is InChI=1S/C30H28FN3O3/c1-22-12-14-23(15-13-22)33-30(36)34(21-7-20-32-29(35)27-10-5-6-11-28(27)31)24-16-18-26(19-17-24)37-25-8-3-2-4-9-25/h2-6,8-19H,7,20-21H2,1H3,(H,32,35)(H,33,36). The second-order valence-corrected chi connectivity index (χ2v) is 8.45. The van der Waals surface area contributed by atoms with Crippen molar-refractivity contribution in [2.24, 2.45) is 0 Å². The lowest BCUT2D eigenvalue weighted by atomic mass is 10.2. The molecule has 0 bridgehead atoms. The molecule has 0 aromatic heterocycles. The summed E-state index contributed by atoms with van der Waals surface area (Å²) in [6.45, 7) is 2.58. The number of hydrogen-bond acceptors (Lipinski definition) is 3. The second kappa shape index (κ2) is 12.4. The lowest BCUT2D eigenvalue weighted by Crippen LogP contribution is -2.37. The summed E-state index contributed by atoms with van der Waals surface area (Å²) in [6.07, 6.45) is 0.462. The minimum atomic E-state index is -0.572. The summed E-state index contributed by atoms with van der Waals surface area (Å²) in [6, 6.07) is 29.7. The quantitative estimate of drug-likeness (QED) is 0.250. The zero-order chi connectivity index (χ0) is 26.0. The number of rotatable bonds is 9. The van der Waals surface area contributed by atoms with Gasteiger partial charge in [0, 0.05) is 24.5 Å². The van der Waals surface area contributed by atoms with Crippen LogP contribution in [0.15, 0.2) is 103 Å². The Morgan fingerprint density at radius 1 is 0.811 bits per heavy atom. The highest BCUT2D eigenvalue weighted by Gasteiger charge is 2.17. The van der Waals surface area contributed by atoms with Crippen molar-refractivity contribution < 1.29 is 18.7 Å². The van der Waals surface area contributed by atoms with Crippen LogP contribution in [-0.2, 0) is 0 Å². The zero-order valence-electron chi connectivity index (χ0n) is 20.5. The average molecular weight is 498 g/mol. The minimum absolute atomic E-state index is 0.00882. The van der Waals surface area contributed by atoms with Gasteiger partial charge in [-0.15, -0.1) is 0 Å². The van der Waals surface area contributed by atoms with Crippen LogP contribution < -0.4 is 20.3 Å². The summed E-state index contributed by atoms with van der Waals surface area (Å²) in [5.74, 6) is 0.300. The fraction of sp³-hybridized carbons (Fsp3) is 0.133. The Labute approximate surface area is 215 Å². The van der Waals surface area contributed by atoms with Gasteiger partial charge in [-0.05, 0) is 74.0 Å². The fourth-order valence-electron chi connectivity index (χ4n) is 3.67. The predicted octanol–water partition coefficient (Wildman–Crippen LogP) is 6.79. The number of para-hydroxylation sites is 1. The predicted molar refractivity (Wildman–Crippen MR) is 144 cm³/mol. The molecule has 4 aromatic carbocycles. The van der Waals surface area contributed by atoms with Gasteiger partial charge in [0.15, 0.2) is 0 Å². The normalized spacial score (nSPS) is 10.4. The van der Waals surface area contributed by atoms with Crippen LogP contribution in [-0.4, -0.2) is 25.0 Å². The van der Waals surface area contributed by atoms with Gasteiger partial charge in [-0.1, -0.05) is 48.0 Å². The van der Waals surface area contributed by atoms with Crippen LogP contribution in [0, 0.1) is 12.7 Å². The molecule has 0 unspecified atom stereocenters. The molecule has 3 amide bonds. The number of amides is 3. The number of aryl methyl sites for hydroxylation is 1. The van der Waals surface area contributed by atoms with Crippen molar-refractivity contribution in [2.45, 2.75) is 13.3 Å². The highest BCUT2D eigenvalue weighted by molar-refractivity contribution is 6.01.